The minimum Gasteiger partial charge on any atom is -0.480 e. The molecule has 1 N–H and O–H groups in total. The third-order valence-electron chi connectivity index (χ3n) is 7.71. The molecule has 5 heteroatoms. The van der Waals surface area contributed by atoms with Gasteiger partial charge in [-0.2, -0.15) is 0 Å². The van der Waals surface area contributed by atoms with Crippen LogP contribution in [0.3, 0.4) is 0 Å². The lowest BCUT2D eigenvalue weighted by Crippen LogP contribution is -2.12. The van der Waals surface area contributed by atoms with Crippen LogP contribution in [0.5, 0.6) is 0 Å². The summed E-state index contributed by atoms with van der Waals surface area (Å²) in [6.45, 7) is -0.128. The minimum absolute atomic E-state index is 0.128. The van der Waals surface area contributed by atoms with Crippen molar-refractivity contribution in [1.29, 1.82) is 0 Å². The molecule has 5 aromatic carbocycles. The van der Waals surface area contributed by atoms with Gasteiger partial charge in [0.1, 0.15) is 23.7 Å². The fourth-order valence-electron chi connectivity index (χ4n) is 5.73. The van der Waals surface area contributed by atoms with Crippen molar-refractivity contribution < 1.29 is 14.3 Å². The molecule has 0 bridgehead atoms. The van der Waals surface area contributed by atoms with E-state index in [0.717, 1.165) is 61.4 Å². The Balaban J connectivity index is 1.24. The summed E-state index contributed by atoms with van der Waals surface area (Å²) < 4.78 is 8.15. The summed E-state index contributed by atoms with van der Waals surface area (Å²) in [5, 5.41) is 10.7. The molecule has 7 rings (SSSR count). The molecule has 0 saturated carbocycles. The Morgan fingerprint density at radius 1 is 0.690 bits per heavy atom. The fourth-order valence-corrected chi connectivity index (χ4v) is 5.73. The second kappa shape index (κ2) is 10.9. The van der Waals surface area contributed by atoms with E-state index >= 15 is 0 Å². The number of carboxylic acid groups (broad SMARTS) is 1. The minimum atomic E-state index is -0.887. The van der Waals surface area contributed by atoms with Crippen molar-refractivity contribution in [2.24, 2.45) is 0 Å². The Morgan fingerprint density at radius 3 is 2.02 bits per heavy atom. The maximum Gasteiger partial charge on any atom is 0.323 e. The number of imidazole rings is 1. The normalized spacial score (nSPS) is 11.3. The lowest BCUT2D eigenvalue weighted by Gasteiger charge is -2.08. The maximum atomic E-state index is 11.7. The third kappa shape index (κ3) is 4.97. The largest absolute Gasteiger partial charge is 0.480 e. The monoisotopic (exact) mass is 548 g/mol. The number of nitrogens with zero attached hydrogens (tertiary/aromatic N) is 2. The molecular weight excluding hydrogens is 520 g/mol. The Labute approximate surface area is 243 Å². The van der Waals surface area contributed by atoms with Crippen LogP contribution in [0.2, 0.25) is 0 Å². The van der Waals surface area contributed by atoms with Gasteiger partial charge in [-0.25, -0.2) is 4.98 Å². The molecule has 42 heavy (non-hydrogen) atoms. The van der Waals surface area contributed by atoms with Crippen LogP contribution in [0.1, 0.15) is 22.7 Å². The summed E-state index contributed by atoms with van der Waals surface area (Å²) in [5.74, 6) is 0.803. The molecule has 0 amide bonds. The first kappa shape index (κ1) is 25.5. The van der Waals surface area contributed by atoms with Crippen molar-refractivity contribution in [2.45, 2.75) is 19.4 Å². The SMILES string of the molecule is O=C(O)Cn1c(Cc2ccccc2)nc2cc(-c3ccc(-c4c(Cc5ccccc5)oc5ccccc45)cc3)ccc21. The summed E-state index contributed by atoms with van der Waals surface area (Å²) in [6.07, 6.45) is 1.28. The maximum absolute atomic E-state index is 11.7. The molecule has 0 unspecified atom stereocenters. The molecule has 0 saturated heterocycles. The van der Waals surface area contributed by atoms with Crippen LogP contribution in [0.15, 0.2) is 132 Å². The average molecular weight is 549 g/mol. The zero-order chi connectivity index (χ0) is 28.5. The van der Waals surface area contributed by atoms with Gasteiger partial charge in [0.2, 0.25) is 0 Å². The van der Waals surface area contributed by atoms with E-state index in [1.165, 1.54) is 5.56 Å². The first-order chi connectivity index (χ1) is 20.6. The van der Waals surface area contributed by atoms with E-state index < -0.39 is 5.97 Å². The standard InChI is InChI=1S/C37H28N2O3/c40-36(41)24-39-32-20-19-29(23-31(32)38-35(39)22-26-11-5-2-6-12-26)27-15-17-28(18-16-27)37-30-13-7-8-14-33(30)42-34(37)21-25-9-3-1-4-10-25/h1-20,23H,21-22,24H2,(H,40,41). The molecule has 0 atom stereocenters. The van der Waals surface area contributed by atoms with Crippen molar-refractivity contribution in [3.63, 3.8) is 0 Å². The number of carboxylic acids is 1. The summed E-state index contributed by atoms with van der Waals surface area (Å²) >= 11 is 0. The molecular formula is C37H28N2O3. The van der Waals surface area contributed by atoms with Gasteiger partial charge in [0.25, 0.3) is 0 Å². The molecule has 5 nitrogen and oxygen atoms in total. The van der Waals surface area contributed by atoms with Crippen LogP contribution >= 0.6 is 0 Å². The number of fused-ring (bicyclic) bond motifs is 2. The predicted octanol–water partition coefficient (Wildman–Crippen LogP) is 8.38. The van der Waals surface area contributed by atoms with Crippen molar-refractivity contribution in [3.8, 4) is 22.3 Å². The summed E-state index contributed by atoms with van der Waals surface area (Å²) in [7, 11) is 0. The van der Waals surface area contributed by atoms with E-state index in [1.54, 1.807) is 4.57 Å². The van der Waals surface area contributed by atoms with Gasteiger partial charge in [0.15, 0.2) is 0 Å². The summed E-state index contributed by atoms with van der Waals surface area (Å²) in [6, 6.07) is 43.2. The van der Waals surface area contributed by atoms with Crippen molar-refractivity contribution >= 4 is 28.0 Å². The number of aromatic nitrogens is 2. The number of hydrogen-bond acceptors (Lipinski definition) is 3. The zero-order valence-electron chi connectivity index (χ0n) is 22.9. The Bertz CT molecular complexity index is 2020. The zero-order valence-corrected chi connectivity index (χ0v) is 22.9. The van der Waals surface area contributed by atoms with Gasteiger partial charge in [0.05, 0.1) is 11.0 Å². The van der Waals surface area contributed by atoms with Gasteiger partial charge in [-0.3, -0.25) is 4.79 Å². The van der Waals surface area contributed by atoms with E-state index in [4.69, 9.17) is 9.40 Å². The van der Waals surface area contributed by atoms with Gasteiger partial charge >= 0.3 is 5.97 Å². The highest BCUT2D eigenvalue weighted by Crippen LogP contribution is 2.37. The van der Waals surface area contributed by atoms with Gasteiger partial charge < -0.3 is 14.1 Å². The lowest BCUT2D eigenvalue weighted by molar-refractivity contribution is -0.137. The van der Waals surface area contributed by atoms with Crippen LogP contribution in [0, 0.1) is 0 Å². The summed E-state index contributed by atoms with van der Waals surface area (Å²) in [4.78, 5) is 16.6. The molecule has 0 aliphatic heterocycles. The summed E-state index contributed by atoms with van der Waals surface area (Å²) in [5.41, 5.74) is 9.11. The highest BCUT2D eigenvalue weighted by atomic mass is 16.4. The average Bonchev–Trinajstić information content (AvgIpc) is 3.54. The number of aliphatic carboxylic acids is 1. The molecule has 2 aromatic heterocycles. The van der Waals surface area contributed by atoms with Gasteiger partial charge in [-0.15, -0.1) is 0 Å². The molecule has 0 aliphatic rings. The quantitative estimate of drug-likeness (QED) is 0.207. The number of benzene rings is 5. The van der Waals surface area contributed by atoms with Crippen molar-refractivity contribution in [1.82, 2.24) is 9.55 Å². The molecule has 204 valence electrons. The van der Waals surface area contributed by atoms with E-state index in [2.05, 4.69) is 54.6 Å². The van der Waals surface area contributed by atoms with Crippen LogP contribution in [0.4, 0.5) is 0 Å². The highest BCUT2D eigenvalue weighted by Gasteiger charge is 2.18. The second-order valence-corrected chi connectivity index (χ2v) is 10.5. The lowest BCUT2D eigenvalue weighted by atomic mass is 9.96. The fraction of sp³-hybridized carbons (Fsp3) is 0.0811. The van der Waals surface area contributed by atoms with E-state index in [9.17, 15) is 9.90 Å². The molecule has 0 fully saturated rings. The Kier molecular flexibility index (Phi) is 6.61. The van der Waals surface area contributed by atoms with Crippen LogP contribution in [-0.4, -0.2) is 20.6 Å². The van der Waals surface area contributed by atoms with Crippen LogP contribution in [0.25, 0.3) is 44.3 Å². The Hall–Kier alpha value is -5.42. The predicted molar refractivity (Wildman–Crippen MR) is 167 cm³/mol. The second-order valence-electron chi connectivity index (χ2n) is 10.5. The molecule has 0 spiro atoms. The van der Waals surface area contributed by atoms with E-state index in [0.29, 0.717) is 12.8 Å². The van der Waals surface area contributed by atoms with Crippen LogP contribution < -0.4 is 0 Å². The molecule has 0 aliphatic carbocycles. The Morgan fingerprint density at radius 2 is 1.31 bits per heavy atom. The molecule has 2 heterocycles. The van der Waals surface area contributed by atoms with Crippen molar-refractivity contribution in [2.75, 3.05) is 0 Å². The highest BCUT2D eigenvalue weighted by molar-refractivity contribution is 5.96. The van der Waals surface area contributed by atoms with Gasteiger partial charge in [0, 0.05) is 23.8 Å². The number of rotatable bonds is 8. The van der Waals surface area contributed by atoms with E-state index in [1.807, 2.05) is 72.8 Å². The molecule has 7 aromatic rings. The van der Waals surface area contributed by atoms with Gasteiger partial charge in [-0.05, 0) is 46.0 Å². The van der Waals surface area contributed by atoms with Crippen molar-refractivity contribution in [3.05, 3.63) is 150 Å². The number of hydrogen-bond donors (Lipinski definition) is 1. The first-order valence-electron chi connectivity index (χ1n) is 14.0. The number of carbonyl (C=O) groups is 1. The molecule has 0 radical (unpaired) electrons. The smallest absolute Gasteiger partial charge is 0.323 e. The number of furan rings is 1. The van der Waals surface area contributed by atoms with Gasteiger partial charge in [-0.1, -0.05) is 109 Å². The topological polar surface area (TPSA) is 68.3 Å². The van der Waals surface area contributed by atoms with Crippen LogP contribution in [-0.2, 0) is 24.2 Å². The first-order valence-corrected chi connectivity index (χ1v) is 14.0. The third-order valence-corrected chi connectivity index (χ3v) is 7.71. The number of para-hydroxylation sites is 1. The van der Waals surface area contributed by atoms with E-state index in [-0.39, 0.29) is 6.54 Å².